The second kappa shape index (κ2) is 7.48. The highest BCUT2D eigenvalue weighted by Gasteiger charge is 2.40. The van der Waals surface area contributed by atoms with Crippen molar-refractivity contribution in [2.75, 3.05) is 23.7 Å². The number of nitrogens with zero attached hydrogens (tertiary/aromatic N) is 3. The highest BCUT2D eigenvalue weighted by molar-refractivity contribution is 5.87. The van der Waals surface area contributed by atoms with Gasteiger partial charge in [0.15, 0.2) is 0 Å². The third-order valence-corrected chi connectivity index (χ3v) is 5.47. The van der Waals surface area contributed by atoms with Crippen LogP contribution in [0.15, 0.2) is 6.20 Å². The number of carbonyl (C=O) groups is 2. The molecule has 8 nitrogen and oxygen atoms in total. The van der Waals surface area contributed by atoms with E-state index in [0.29, 0.717) is 12.2 Å². The lowest BCUT2D eigenvalue weighted by Crippen LogP contribution is -2.56. The number of pyridine rings is 1. The number of hydrogen-bond acceptors (Lipinski definition) is 6. The Balaban J connectivity index is 1.89. The number of carbonyl (C=O) groups excluding carboxylic acids is 1. The van der Waals surface area contributed by atoms with Crippen LogP contribution in [0.4, 0.5) is 21.0 Å². The number of carboxylic acid groups (broad SMARTS) is 1. The Hall–Kier alpha value is -2.51. The Morgan fingerprint density at radius 3 is 2.71 bits per heavy atom. The molecule has 1 aromatic heterocycles. The maximum Gasteiger partial charge on any atom is 0.420 e. The van der Waals surface area contributed by atoms with E-state index < -0.39 is 23.8 Å². The van der Waals surface area contributed by atoms with Gasteiger partial charge in [0.25, 0.3) is 0 Å². The van der Waals surface area contributed by atoms with Crippen LogP contribution in [-0.4, -0.2) is 51.9 Å². The molecule has 3 rings (SSSR count). The number of amides is 2. The van der Waals surface area contributed by atoms with Crippen LogP contribution in [0, 0.1) is 5.92 Å². The summed E-state index contributed by atoms with van der Waals surface area (Å²) in [5.41, 5.74) is 9.28. The summed E-state index contributed by atoms with van der Waals surface area (Å²) in [5, 5.41) is 9.75. The van der Waals surface area contributed by atoms with Gasteiger partial charge in [-0.2, -0.15) is 0 Å². The zero-order valence-electron chi connectivity index (χ0n) is 17.1. The second-order valence-corrected chi connectivity index (χ2v) is 8.75. The van der Waals surface area contributed by atoms with Crippen LogP contribution in [0.25, 0.3) is 0 Å². The maximum atomic E-state index is 12.6. The minimum Gasteiger partial charge on any atom is -0.465 e. The van der Waals surface area contributed by atoms with Crippen molar-refractivity contribution in [2.45, 2.75) is 65.0 Å². The van der Waals surface area contributed by atoms with Gasteiger partial charge in [0.1, 0.15) is 5.60 Å². The number of aryl methyl sites for hydroxylation is 1. The van der Waals surface area contributed by atoms with Crippen molar-refractivity contribution in [3.8, 4) is 0 Å². The molecule has 154 valence electrons. The summed E-state index contributed by atoms with van der Waals surface area (Å²) in [6, 6.07) is -0.509. The van der Waals surface area contributed by atoms with Gasteiger partial charge >= 0.3 is 12.2 Å². The normalized spacial score (nSPS) is 21.9. The number of piperidine rings is 1. The maximum absolute atomic E-state index is 12.6. The van der Waals surface area contributed by atoms with Crippen LogP contribution >= 0.6 is 0 Å². The number of imide groups is 1. The summed E-state index contributed by atoms with van der Waals surface area (Å²) in [6.45, 7) is 8.31. The molecule has 2 amide bonds. The number of nitrogen functional groups attached to an aromatic ring is 1. The van der Waals surface area contributed by atoms with Crippen LogP contribution in [0.3, 0.4) is 0 Å². The van der Waals surface area contributed by atoms with Crippen LogP contribution in [0.1, 0.15) is 51.8 Å². The van der Waals surface area contributed by atoms with Crippen molar-refractivity contribution in [3.05, 3.63) is 17.5 Å². The number of fused-ring (bicyclic) bond motifs is 1. The standard InChI is InChI=1S/C20H30N4O4/c1-12-8-9-23(17-13-6-5-7-15(13)22-10-14(17)21)11-16(12)24(18(25)26)19(27)28-20(2,3)4/h10,12,16H,5-9,11,21H2,1-4H3,(H,25,26)/t12-,16+/m0/s1. The molecule has 0 aromatic carbocycles. The number of anilines is 2. The van der Waals surface area contributed by atoms with Gasteiger partial charge in [0.05, 0.1) is 23.6 Å². The number of rotatable bonds is 2. The lowest BCUT2D eigenvalue weighted by molar-refractivity contribution is 0.0127. The summed E-state index contributed by atoms with van der Waals surface area (Å²) < 4.78 is 5.35. The largest absolute Gasteiger partial charge is 0.465 e. The number of hydrogen-bond donors (Lipinski definition) is 2. The van der Waals surface area contributed by atoms with Crippen molar-refractivity contribution in [2.24, 2.45) is 5.92 Å². The molecule has 2 atom stereocenters. The molecule has 1 saturated heterocycles. The van der Waals surface area contributed by atoms with E-state index in [9.17, 15) is 14.7 Å². The van der Waals surface area contributed by atoms with E-state index in [4.69, 9.17) is 10.5 Å². The van der Waals surface area contributed by atoms with E-state index in [1.54, 1.807) is 27.0 Å². The predicted octanol–water partition coefficient (Wildman–Crippen LogP) is 3.28. The third kappa shape index (κ3) is 4.00. The van der Waals surface area contributed by atoms with Gasteiger partial charge in [0, 0.05) is 18.8 Å². The molecule has 0 unspecified atom stereocenters. The lowest BCUT2D eigenvalue weighted by Gasteiger charge is -2.42. The van der Waals surface area contributed by atoms with E-state index in [1.165, 1.54) is 0 Å². The molecule has 1 aliphatic carbocycles. The van der Waals surface area contributed by atoms with Crippen molar-refractivity contribution in [1.82, 2.24) is 9.88 Å². The summed E-state index contributed by atoms with van der Waals surface area (Å²) >= 11 is 0. The van der Waals surface area contributed by atoms with Gasteiger partial charge in [-0.15, -0.1) is 0 Å². The van der Waals surface area contributed by atoms with Gasteiger partial charge in [0.2, 0.25) is 0 Å². The first-order chi connectivity index (χ1) is 13.1. The van der Waals surface area contributed by atoms with Crippen molar-refractivity contribution < 1.29 is 19.4 Å². The van der Waals surface area contributed by atoms with Crippen LogP contribution in [0.2, 0.25) is 0 Å². The van der Waals surface area contributed by atoms with Crippen molar-refractivity contribution in [3.63, 3.8) is 0 Å². The Kier molecular flexibility index (Phi) is 5.41. The van der Waals surface area contributed by atoms with Crippen LogP contribution in [-0.2, 0) is 17.6 Å². The molecule has 0 radical (unpaired) electrons. The zero-order valence-corrected chi connectivity index (χ0v) is 17.1. The van der Waals surface area contributed by atoms with Crippen LogP contribution in [0.5, 0.6) is 0 Å². The van der Waals surface area contributed by atoms with E-state index in [2.05, 4.69) is 9.88 Å². The minimum atomic E-state index is -1.29. The fourth-order valence-electron chi connectivity index (χ4n) is 4.14. The van der Waals surface area contributed by atoms with Gasteiger partial charge < -0.3 is 20.5 Å². The highest BCUT2D eigenvalue weighted by atomic mass is 16.6. The van der Waals surface area contributed by atoms with E-state index in [0.717, 1.165) is 54.1 Å². The molecule has 1 fully saturated rings. The fraction of sp³-hybridized carbons (Fsp3) is 0.650. The Morgan fingerprint density at radius 2 is 2.07 bits per heavy atom. The molecule has 28 heavy (non-hydrogen) atoms. The Bertz CT molecular complexity index is 774. The van der Waals surface area contributed by atoms with E-state index in [-0.39, 0.29) is 5.92 Å². The molecule has 8 heteroatoms. The first kappa shape index (κ1) is 20.2. The smallest absolute Gasteiger partial charge is 0.420 e. The average Bonchev–Trinajstić information content (AvgIpc) is 3.03. The summed E-state index contributed by atoms with van der Waals surface area (Å²) in [6.07, 6.45) is 3.24. The molecule has 2 heterocycles. The monoisotopic (exact) mass is 390 g/mol. The lowest BCUT2D eigenvalue weighted by atomic mass is 9.91. The summed E-state index contributed by atoms with van der Waals surface area (Å²) in [5.74, 6) is 0.0241. The molecular weight excluding hydrogens is 360 g/mol. The van der Waals surface area contributed by atoms with E-state index in [1.807, 2.05) is 6.92 Å². The minimum absolute atomic E-state index is 0.0241. The SMILES string of the molecule is C[C@H]1CCN(c2c(N)cnc3c2CCC3)C[C@H]1N(C(=O)O)C(=O)OC(C)(C)C. The Labute approximate surface area is 165 Å². The van der Waals surface area contributed by atoms with Gasteiger partial charge in [-0.05, 0) is 57.9 Å². The van der Waals surface area contributed by atoms with Gasteiger partial charge in [-0.1, -0.05) is 6.92 Å². The molecular formula is C20H30N4O4. The number of ether oxygens (including phenoxy) is 1. The number of aromatic nitrogens is 1. The molecule has 1 aliphatic heterocycles. The van der Waals surface area contributed by atoms with Crippen molar-refractivity contribution >= 4 is 23.6 Å². The molecule has 3 N–H and O–H groups in total. The quantitative estimate of drug-likeness (QED) is 0.797. The second-order valence-electron chi connectivity index (χ2n) is 8.75. The predicted molar refractivity (Wildman–Crippen MR) is 107 cm³/mol. The molecule has 1 aromatic rings. The first-order valence-electron chi connectivity index (χ1n) is 9.85. The molecule has 0 spiro atoms. The Morgan fingerprint density at radius 1 is 1.36 bits per heavy atom. The first-order valence-corrected chi connectivity index (χ1v) is 9.85. The zero-order chi connectivity index (χ0) is 20.6. The van der Waals surface area contributed by atoms with Crippen molar-refractivity contribution in [1.29, 1.82) is 0 Å². The number of nitrogens with two attached hydrogens (primary N) is 1. The summed E-state index contributed by atoms with van der Waals surface area (Å²) in [4.78, 5) is 32.0. The molecule has 0 bridgehead atoms. The topological polar surface area (TPSA) is 109 Å². The van der Waals surface area contributed by atoms with Gasteiger partial charge in [-0.25, -0.2) is 14.5 Å². The fourth-order valence-corrected chi connectivity index (χ4v) is 4.14. The third-order valence-electron chi connectivity index (χ3n) is 5.47. The highest BCUT2D eigenvalue weighted by Crippen LogP contribution is 2.37. The molecule has 2 aliphatic rings. The van der Waals surface area contributed by atoms with Gasteiger partial charge in [-0.3, -0.25) is 4.98 Å². The molecule has 0 saturated carbocycles. The summed E-state index contributed by atoms with van der Waals surface area (Å²) in [7, 11) is 0. The van der Waals surface area contributed by atoms with E-state index >= 15 is 0 Å². The average molecular weight is 390 g/mol. The van der Waals surface area contributed by atoms with Crippen LogP contribution < -0.4 is 10.6 Å².